The minimum Gasteiger partial charge on any atom is -0.406 e. The summed E-state index contributed by atoms with van der Waals surface area (Å²) >= 11 is 0. The van der Waals surface area contributed by atoms with E-state index in [1.54, 1.807) is 13.0 Å². The molecule has 0 bridgehead atoms. The first-order valence-electron chi connectivity index (χ1n) is 9.07. The Bertz CT molecular complexity index is 1070. The van der Waals surface area contributed by atoms with Crippen LogP contribution in [0.1, 0.15) is 17.4 Å². The van der Waals surface area contributed by atoms with E-state index in [0.29, 0.717) is 11.1 Å². The Hall–Kier alpha value is -3.53. The van der Waals surface area contributed by atoms with Gasteiger partial charge in [-0.15, -0.1) is 13.2 Å². The number of amides is 1. The zero-order valence-electron chi connectivity index (χ0n) is 16.2. The molecule has 3 rings (SSSR count). The van der Waals surface area contributed by atoms with Crippen LogP contribution in [0.25, 0.3) is 22.6 Å². The summed E-state index contributed by atoms with van der Waals surface area (Å²) in [6.07, 6.45) is -4.82. The Morgan fingerprint density at radius 1 is 1.10 bits per heavy atom. The van der Waals surface area contributed by atoms with Crippen molar-refractivity contribution >= 4 is 5.91 Å². The lowest BCUT2D eigenvalue weighted by molar-refractivity contribution is -0.274. The lowest BCUT2D eigenvalue weighted by Crippen LogP contribution is -2.35. The van der Waals surface area contributed by atoms with Crippen LogP contribution in [0, 0.1) is 5.82 Å². The van der Waals surface area contributed by atoms with Gasteiger partial charge in [-0.05, 0) is 49.4 Å². The maximum atomic E-state index is 13.7. The number of benzene rings is 2. The number of aliphatic hydroxyl groups excluding tert-OH is 1. The molecule has 3 aromatic rings. The summed E-state index contributed by atoms with van der Waals surface area (Å²) < 4.78 is 54.7. The van der Waals surface area contributed by atoms with E-state index in [0.717, 1.165) is 12.1 Å². The van der Waals surface area contributed by atoms with Crippen LogP contribution < -0.4 is 10.1 Å². The highest BCUT2D eigenvalue weighted by Crippen LogP contribution is 2.27. The Labute approximate surface area is 174 Å². The number of carbonyl (C=O) groups excluding carboxylic acids is 1. The predicted molar refractivity (Wildman–Crippen MR) is 104 cm³/mol. The zero-order chi connectivity index (χ0) is 22.6. The fourth-order valence-electron chi connectivity index (χ4n) is 2.64. The Morgan fingerprint density at radius 3 is 2.42 bits per heavy atom. The lowest BCUT2D eigenvalue weighted by Gasteiger charge is -2.13. The van der Waals surface area contributed by atoms with Gasteiger partial charge < -0.3 is 15.2 Å². The van der Waals surface area contributed by atoms with Crippen LogP contribution in [0.4, 0.5) is 17.6 Å². The van der Waals surface area contributed by atoms with Crippen molar-refractivity contribution < 1.29 is 32.2 Å². The average Bonchev–Trinajstić information content (AvgIpc) is 2.72. The fraction of sp³-hybridized carbons (Fsp3) is 0.190. The Balaban J connectivity index is 2.03. The minimum atomic E-state index is -4.82. The van der Waals surface area contributed by atoms with E-state index < -0.39 is 29.9 Å². The molecule has 1 atom stereocenters. The van der Waals surface area contributed by atoms with Crippen molar-refractivity contribution in [1.29, 1.82) is 0 Å². The summed E-state index contributed by atoms with van der Waals surface area (Å²) in [6, 6.07) is 11.2. The first-order valence-corrected chi connectivity index (χ1v) is 9.07. The maximum Gasteiger partial charge on any atom is 0.573 e. The highest BCUT2D eigenvalue weighted by atomic mass is 19.4. The van der Waals surface area contributed by atoms with Gasteiger partial charge in [0.25, 0.3) is 5.91 Å². The molecule has 1 aromatic heterocycles. The van der Waals surface area contributed by atoms with E-state index in [4.69, 9.17) is 5.11 Å². The van der Waals surface area contributed by atoms with Crippen LogP contribution in [0.5, 0.6) is 5.75 Å². The molecule has 31 heavy (non-hydrogen) atoms. The molecule has 0 saturated carbocycles. The van der Waals surface area contributed by atoms with Crippen molar-refractivity contribution in [2.24, 2.45) is 0 Å². The van der Waals surface area contributed by atoms with Crippen LogP contribution >= 0.6 is 0 Å². The van der Waals surface area contributed by atoms with Gasteiger partial charge in [0.05, 0.1) is 12.3 Å². The van der Waals surface area contributed by atoms with Gasteiger partial charge in [-0.1, -0.05) is 12.1 Å². The Morgan fingerprint density at radius 2 is 1.81 bits per heavy atom. The third kappa shape index (κ3) is 5.98. The van der Waals surface area contributed by atoms with Crippen molar-refractivity contribution in [3.8, 4) is 28.4 Å². The zero-order valence-corrected chi connectivity index (χ0v) is 16.2. The average molecular weight is 435 g/mol. The molecule has 1 unspecified atom stereocenters. The molecule has 0 aliphatic heterocycles. The third-order valence-electron chi connectivity index (χ3n) is 4.08. The van der Waals surface area contributed by atoms with Gasteiger partial charge in [0.1, 0.15) is 17.3 Å². The highest BCUT2D eigenvalue weighted by Gasteiger charge is 2.31. The molecule has 0 aliphatic carbocycles. The number of hydrogen-bond acceptors (Lipinski definition) is 5. The molecule has 0 aliphatic rings. The first kappa shape index (κ1) is 22.2. The molecule has 1 amide bonds. The highest BCUT2D eigenvalue weighted by molar-refractivity contribution is 5.94. The largest absolute Gasteiger partial charge is 0.573 e. The number of halogens is 4. The van der Waals surface area contributed by atoms with E-state index in [9.17, 15) is 22.4 Å². The van der Waals surface area contributed by atoms with E-state index >= 15 is 0 Å². The van der Waals surface area contributed by atoms with Crippen molar-refractivity contribution in [2.75, 3.05) is 6.61 Å². The SMILES string of the molecule is CC(CO)NC(=O)c1cc(-c2ccc(OC(F)(F)F)cc2)nc(-c2cccc(F)c2)n1. The first-order chi connectivity index (χ1) is 14.6. The molecular weight excluding hydrogens is 418 g/mol. The minimum absolute atomic E-state index is 0.0504. The molecule has 6 nitrogen and oxygen atoms in total. The maximum absolute atomic E-state index is 13.7. The van der Waals surface area contributed by atoms with Crippen LogP contribution in [-0.2, 0) is 0 Å². The number of rotatable bonds is 6. The molecule has 162 valence electrons. The van der Waals surface area contributed by atoms with E-state index in [-0.39, 0.29) is 23.8 Å². The standard InChI is InChI=1S/C21H17F4N3O3/c1-12(11-29)26-20(30)18-10-17(13-5-7-16(8-6-13)31-21(23,24)25)27-19(28-18)14-3-2-4-15(22)9-14/h2-10,12,29H,11H2,1H3,(H,26,30). The number of hydrogen-bond donors (Lipinski definition) is 2. The lowest BCUT2D eigenvalue weighted by atomic mass is 10.1. The van der Waals surface area contributed by atoms with Gasteiger partial charge in [-0.3, -0.25) is 4.79 Å². The van der Waals surface area contributed by atoms with Crippen LogP contribution in [0.2, 0.25) is 0 Å². The number of carbonyl (C=O) groups is 1. The third-order valence-corrected chi connectivity index (χ3v) is 4.08. The second kappa shape index (κ2) is 9.09. The van der Waals surface area contributed by atoms with Gasteiger partial charge in [0, 0.05) is 17.2 Å². The summed E-state index contributed by atoms with van der Waals surface area (Å²) in [6.45, 7) is 1.30. The topological polar surface area (TPSA) is 84.3 Å². The molecule has 0 radical (unpaired) electrons. The molecule has 10 heteroatoms. The van der Waals surface area contributed by atoms with Gasteiger partial charge in [-0.25, -0.2) is 14.4 Å². The van der Waals surface area contributed by atoms with Gasteiger partial charge in [0.15, 0.2) is 5.82 Å². The smallest absolute Gasteiger partial charge is 0.406 e. The van der Waals surface area contributed by atoms with Gasteiger partial charge in [0.2, 0.25) is 0 Å². The number of aliphatic hydroxyl groups is 1. The molecule has 2 aromatic carbocycles. The number of alkyl halides is 3. The summed E-state index contributed by atoms with van der Waals surface area (Å²) in [5.74, 6) is -1.49. The van der Waals surface area contributed by atoms with Crippen molar-refractivity contribution in [1.82, 2.24) is 15.3 Å². The number of nitrogens with zero attached hydrogens (tertiary/aromatic N) is 2. The summed E-state index contributed by atoms with van der Waals surface area (Å²) in [5, 5.41) is 11.7. The predicted octanol–water partition coefficient (Wildman–Crippen LogP) is 3.96. The molecule has 0 spiro atoms. The molecule has 0 saturated heterocycles. The summed E-state index contributed by atoms with van der Waals surface area (Å²) in [4.78, 5) is 21.0. The Kier molecular flexibility index (Phi) is 6.50. The van der Waals surface area contributed by atoms with Crippen LogP contribution in [-0.4, -0.2) is 40.0 Å². The molecule has 2 N–H and O–H groups in total. The summed E-state index contributed by atoms with van der Waals surface area (Å²) in [7, 11) is 0. The van der Waals surface area contributed by atoms with Gasteiger partial charge >= 0.3 is 6.36 Å². The number of nitrogens with one attached hydrogen (secondary N) is 1. The van der Waals surface area contributed by atoms with Crippen LogP contribution in [0.3, 0.4) is 0 Å². The summed E-state index contributed by atoms with van der Waals surface area (Å²) in [5.41, 5.74) is 0.872. The quantitative estimate of drug-likeness (QED) is 0.573. The second-order valence-corrected chi connectivity index (χ2v) is 6.60. The fourth-order valence-corrected chi connectivity index (χ4v) is 2.64. The molecule has 0 fully saturated rings. The molecular formula is C21H17F4N3O3. The molecule has 1 heterocycles. The number of ether oxygens (including phenoxy) is 1. The van der Waals surface area contributed by atoms with E-state index in [1.165, 1.54) is 36.4 Å². The van der Waals surface area contributed by atoms with Crippen LogP contribution in [0.15, 0.2) is 54.6 Å². The normalized spacial score (nSPS) is 12.3. The van der Waals surface area contributed by atoms with Gasteiger partial charge in [-0.2, -0.15) is 0 Å². The number of aromatic nitrogens is 2. The van der Waals surface area contributed by atoms with E-state index in [2.05, 4.69) is 20.0 Å². The van der Waals surface area contributed by atoms with Crippen molar-refractivity contribution in [3.63, 3.8) is 0 Å². The monoisotopic (exact) mass is 435 g/mol. The second-order valence-electron chi connectivity index (χ2n) is 6.60. The van der Waals surface area contributed by atoms with E-state index in [1.807, 2.05) is 0 Å². The van der Waals surface area contributed by atoms with Crippen molar-refractivity contribution in [2.45, 2.75) is 19.3 Å². The van der Waals surface area contributed by atoms with Crippen molar-refractivity contribution in [3.05, 3.63) is 66.1 Å².